The second-order valence-corrected chi connectivity index (χ2v) is 6.77. The molecule has 1 amide bonds. The molecule has 1 fully saturated rings. The number of methoxy groups -OCH3 is 1. The van der Waals surface area contributed by atoms with Crippen LogP contribution in [0.25, 0.3) is 5.76 Å². The molecule has 1 aliphatic rings. The van der Waals surface area contributed by atoms with Crippen LogP contribution < -0.4 is 4.74 Å². The second-order valence-electron chi connectivity index (χ2n) is 6.77. The SMILES string of the molecule is CCCOc1ccc(/C(O)=C2/C(=O)C(=O)N(CCOC)C2c2ccccc2)cc1. The summed E-state index contributed by atoms with van der Waals surface area (Å²) in [6, 6.07) is 15.4. The van der Waals surface area contributed by atoms with Crippen LogP contribution in [0.15, 0.2) is 60.2 Å². The normalized spacial score (nSPS) is 18.3. The van der Waals surface area contributed by atoms with Gasteiger partial charge >= 0.3 is 0 Å². The highest BCUT2D eigenvalue weighted by Crippen LogP contribution is 2.39. The van der Waals surface area contributed by atoms with E-state index in [1.54, 1.807) is 24.3 Å². The lowest BCUT2D eigenvalue weighted by molar-refractivity contribution is -0.140. The molecule has 0 saturated carbocycles. The Bertz CT molecular complexity index is 889. The number of aliphatic hydroxyl groups is 1. The number of benzene rings is 2. The molecular weight excluding hydrogens is 370 g/mol. The average molecular weight is 395 g/mol. The molecule has 1 N–H and O–H groups in total. The lowest BCUT2D eigenvalue weighted by Gasteiger charge is -2.25. The van der Waals surface area contributed by atoms with Crippen LogP contribution in [0.1, 0.15) is 30.5 Å². The molecule has 2 aromatic rings. The molecule has 0 radical (unpaired) electrons. The van der Waals surface area contributed by atoms with Gasteiger partial charge in [-0.1, -0.05) is 37.3 Å². The van der Waals surface area contributed by atoms with Gasteiger partial charge in [0, 0.05) is 19.2 Å². The van der Waals surface area contributed by atoms with E-state index in [2.05, 4.69) is 0 Å². The fourth-order valence-electron chi connectivity index (χ4n) is 3.37. The van der Waals surface area contributed by atoms with Gasteiger partial charge in [-0.05, 0) is 36.2 Å². The van der Waals surface area contributed by atoms with Gasteiger partial charge in [-0.2, -0.15) is 0 Å². The monoisotopic (exact) mass is 395 g/mol. The smallest absolute Gasteiger partial charge is 0.295 e. The van der Waals surface area contributed by atoms with Crippen molar-refractivity contribution in [2.75, 3.05) is 26.9 Å². The first-order valence-electron chi connectivity index (χ1n) is 9.64. The molecule has 0 aliphatic carbocycles. The molecule has 1 unspecified atom stereocenters. The van der Waals surface area contributed by atoms with Crippen molar-refractivity contribution in [1.29, 1.82) is 0 Å². The van der Waals surface area contributed by atoms with Gasteiger partial charge in [-0.15, -0.1) is 0 Å². The number of ether oxygens (including phenoxy) is 2. The Morgan fingerprint density at radius 1 is 1.03 bits per heavy atom. The van der Waals surface area contributed by atoms with E-state index in [9.17, 15) is 14.7 Å². The number of Topliss-reactive ketones (excluding diaryl/α,β-unsaturated/α-hetero) is 1. The van der Waals surface area contributed by atoms with Crippen LogP contribution in [-0.2, 0) is 14.3 Å². The Hall–Kier alpha value is -3.12. The van der Waals surface area contributed by atoms with Crippen molar-refractivity contribution >= 4 is 17.4 Å². The maximum atomic E-state index is 12.8. The minimum Gasteiger partial charge on any atom is -0.507 e. The summed E-state index contributed by atoms with van der Waals surface area (Å²) in [5, 5.41) is 11.0. The molecule has 1 heterocycles. The predicted molar refractivity (Wildman–Crippen MR) is 110 cm³/mol. The Kier molecular flexibility index (Phi) is 6.67. The second kappa shape index (κ2) is 9.39. The van der Waals surface area contributed by atoms with Gasteiger partial charge in [-0.3, -0.25) is 9.59 Å². The summed E-state index contributed by atoms with van der Waals surface area (Å²) in [6.07, 6.45) is 0.893. The van der Waals surface area contributed by atoms with Crippen molar-refractivity contribution in [3.63, 3.8) is 0 Å². The van der Waals surface area contributed by atoms with Gasteiger partial charge in [0.25, 0.3) is 11.7 Å². The maximum absolute atomic E-state index is 12.8. The molecule has 0 spiro atoms. The van der Waals surface area contributed by atoms with Crippen LogP contribution in [0.2, 0.25) is 0 Å². The van der Waals surface area contributed by atoms with Crippen LogP contribution in [0.4, 0.5) is 0 Å². The third-order valence-electron chi connectivity index (χ3n) is 4.79. The van der Waals surface area contributed by atoms with Gasteiger partial charge in [-0.25, -0.2) is 0 Å². The van der Waals surface area contributed by atoms with Crippen molar-refractivity contribution in [3.8, 4) is 5.75 Å². The highest BCUT2D eigenvalue weighted by atomic mass is 16.5. The van der Waals surface area contributed by atoms with E-state index in [1.165, 1.54) is 12.0 Å². The van der Waals surface area contributed by atoms with Crippen LogP contribution >= 0.6 is 0 Å². The van der Waals surface area contributed by atoms with Crippen molar-refractivity contribution in [2.45, 2.75) is 19.4 Å². The number of rotatable bonds is 8. The number of carbonyl (C=O) groups excluding carboxylic acids is 2. The Morgan fingerprint density at radius 2 is 1.72 bits per heavy atom. The first-order chi connectivity index (χ1) is 14.1. The topological polar surface area (TPSA) is 76.1 Å². The third-order valence-corrected chi connectivity index (χ3v) is 4.79. The lowest BCUT2D eigenvalue weighted by atomic mass is 9.95. The minimum absolute atomic E-state index is 0.0829. The first kappa shape index (κ1) is 20.6. The molecule has 1 saturated heterocycles. The van der Waals surface area contributed by atoms with Crippen molar-refractivity contribution in [2.24, 2.45) is 0 Å². The van der Waals surface area contributed by atoms with Crippen molar-refractivity contribution in [1.82, 2.24) is 4.90 Å². The molecular formula is C23H25NO5. The number of aliphatic hydroxyl groups excluding tert-OH is 1. The quantitative estimate of drug-likeness (QED) is 0.420. The number of hydrogen-bond acceptors (Lipinski definition) is 5. The third kappa shape index (κ3) is 4.32. The zero-order chi connectivity index (χ0) is 20.8. The molecule has 1 atom stereocenters. The Morgan fingerprint density at radius 3 is 2.34 bits per heavy atom. The largest absolute Gasteiger partial charge is 0.507 e. The summed E-state index contributed by atoms with van der Waals surface area (Å²) in [7, 11) is 1.54. The molecule has 0 aromatic heterocycles. The Balaban J connectivity index is 2.03. The van der Waals surface area contributed by atoms with Crippen LogP contribution in [0.3, 0.4) is 0 Å². The maximum Gasteiger partial charge on any atom is 0.295 e. The van der Waals surface area contributed by atoms with E-state index in [1.807, 2.05) is 37.3 Å². The molecule has 6 nitrogen and oxygen atoms in total. The van der Waals surface area contributed by atoms with E-state index in [4.69, 9.17) is 9.47 Å². The molecule has 6 heteroatoms. The van der Waals surface area contributed by atoms with E-state index in [0.29, 0.717) is 24.5 Å². The zero-order valence-corrected chi connectivity index (χ0v) is 16.6. The van der Waals surface area contributed by atoms with E-state index in [0.717, 1.165) is 12.0 Å². The predicted octanol–water partition coefficient (Wildman–Crippen LogP) is 3.54. The van der Waals surface area contributed by atoms with Gasteiger partial charge in [0.1, 0.15) is 11.5 Å². The molecule has 1 aliphatic heterocycles. The number of amides is 1. The highest BCUT2D eigenvalue weighted by molar-refractivity contribution is 6.46. The highest BCUT2D eigenvalue weighted by Gasteiger charge is 2.45. The summed E-state index contributed by atoms with van der Waals surface area (Å²) in [6.45, 7) is 3.16. The van der Waals surface area contributed by atoms with Gasteiger partial charge in [0.15, 0.2) is 0 Å². The fourth-order valence-corrected chi connectivity index (χ4v) is 3.37. The van der Waals surface area contributed by atoms with Crippen molar-refractivity contribution < 1.29 is 24.2 Å². The zero-order valence-electron chi connectivity index (χ0n) is 16.6. The number of carbonyl (C=O) groups is 2. The number of ketones is 1. The number of nitrogens with zero attached hydrogens (tertiary/aromatic N) is 1. The molecule has 152 valence electrons. The summed E-state index contributed by atoms with van der Waals surface area (Å²) in [4.78, 5) is 26.9. The lowest BCUT2D eigenvalue weighted by Crippen LogP contribution is -2.32. The van der Waals surface area contributed by atoms with Crippen LogP contribution in [-0.4, -0.2) is 48.6 Å². The minimum atomic E-state index is -0.696. The number of likely N-dealkylation sites (tertiary alicyclic amines) is 1. The summed E-state index contributed by atoms with van der Waals surface area (Å²) in [5.74, 6) is -0.846. The standard InChI is InChI=1S/C23H25NO5/c1-3-14-29-18-11-9-17(10-12-18)21(25)19-20(16-7-5-4-6-8-16)24(13-15-28-2)23(27)22(19)26/h4-12,20,25H,3,13-15H2,1-2H3/b21-19-. The molecule has 29 heavy (non-hydrogen) atoms. The van der Waals surface area contributed by atoms with Crippen LogP contribution in [0.5, 0.6) is 5.75 Å². The van der Waals surface area contributed by atoms with Gasteiger partial charge in [0.2, 0.25) is 0 Å². The summed E-state index contributed by atoms with van der Waals surface area (Å²) >= 11 is 0. The van der Waals surface area contributed by atoms with E-state index >= 15 is 0 Å². The molecule has 2 aromatic carbocycles. The van der Waals surface area contributed by atoms with E-state index in [-0.39, 0.29) is 17.9 Å². The van der Waals surface area contributed by atoms with Crippen LogP contribution in [0, 0.1) is 0 Å². The van der Waals surface area contributed by atoms with Gasteiger partial charge in [0.05, 0.1) is 24.8 Å². The molecule has 0 bridgehead atoms. The summed E-state index contributed by atoms with van der Waals surface area (Å²) in [5.41, 5.74) is 1.30. The van der Waals surface area contributed by atoms with E-state index < -0.39 is 17.7 Å². The Labute approximate surface area is 170 Å². The fraction of sp³-hybridized carbons (Fsp3) is 0.304. The number of hydrogen-bond donors (Lipinski definition) is 1. The summed E-state index contributed by atoms with van der Waals surface area (Å²) < 4.78 is 10.7. The van der Waals surface area contributed by atoms with Crippen molar-refractivity contribution in [3.05, 3.63) is 71.3 Å². The first-order valence-corrected chi connectivity index (χ1v) is 9.64. The average Bonchev–Trinajstić information content (AvgIpc) is 3.01. The molecule has 3 rings (SSSR count). The van der Waals surface area contributed by atoms with Gasteiger partial charge < -0.3 is 19.5 Å².